The summed E-state index contributed by atoms with van der Waals surface area (Å²) in [5.41, 5.74) is -3.80. The third-order valence-electron chi connectivity index (χ3n) is 2.75. The molecule has 0 fully saturated rings. The van der Waals surface area contributed by atoms with Crippen LogP contribution in [-0.4, -0.2) is 13.9 Å². The molecule has 112 valence electrons. The second-order valence-electron chi connectivity index (χ2n) is 4.29. The zero-order chi connectivity index (χ0) is 15.7. The molecular formula is C14H11F3O2S2. The predicted molar refractivity (Wildman–Crippen MR) is 75.0 cm³/mol. The molecule has 0 N–H and O–H groups in total. The molecule has 21 heavy (non-hydrogen) atoms. The summed E-state index contributed by atoms with van der Waals surface area (Å²) in [5, 5.41) is 0. The molecule has 0 aliphatic rings. The van der Waals surface area contributed by atoms with Crippen LogP contribution in [0.25, 0.3) is 0 Å². The zero-order valence-corrected chi connectivity index (χ0v) is 12.5. The summed E-state index contributed by atoms with van der Waals surface area (Å²) < 4.78 is 61.6. The lowest BCUT2D eigenvalue weighted by atomic mass is 10.2. The molecule has 0 aliphatic carbocycles. The molecule has 0 unspecified atom stereocenters. The third-order valence-corrected chi connectivity index (χ3v) is 5.42. The van der Waals surface area contributed by atoms with Crippen molar-refractivity contribution in [3.8, 4) is 0 Å². The average molecular weight is 332 g/mol. The highest BCUT2D eigenvalue weighted by molar-refractivity contribution is 8.00. The lowest BCUT2D eigenvalue weighted by Crippen LogP contribution is -2.04. The monoisotopic (exact) mass is 332 g/mol. The highest BCUT2D eigenvalue weighted by atomic mass is 32.2. The van der Waals surface area contributed by atoms with Gasteiger partial charge in [0.1, 0.15) is 0 Å². The van der Waals surface area contributed by atoms with Crippen LogP contribution in [0.2, 0.25) is 0 Å². The topological polar surface area (TPSA) is 34.1 Å². The highest BCUT2D eigenvalue weighted by Gasteiger charge is 2.29. The summed E-state index contributed by atoms with van der Waals surface area (Å²) >= 11 is -0.276. The van der Waals surface area contributed by atoms with Crippen LogP contribution in [0, 0.1) is 6.92 Å². The van der Waals surface area contributed by atoms with E-state index in [0.29, 0.717) is 5.56 Å². The van der Waals surface area contributed by atoms with Gasteiger partial charge in [-0.15, -0.1) is 0 Å². The molecule has 0 aromatic heterocycles. The van der Waals surface area contributed by atoms with E-state index in [1.165, 1.54) is 18.2 Å². The Balaban J connectivity index is 2.36. The van der Waals surface area contributed by atoms with Crippen LogP contribution in [0.4, 0.5) is 13.2 Å². The van der Waals surface area contributed by atoms with Gasteiger partial charge in [-0.3, -0.25) is 0 Å². The van der Waals surface area contributed by atoms with Gasteiger partial charge in [-0.05, 0) is 54.6 Å². The normalized spacial score (nSPS) is 12.4. The lowest BCUT2D eigenvalue weighted by Gasteiger charge is -2.09. The number of hydrogen-bond donors (Lipinski definition) is 0. The Morgan fingerprint density at radius 1 is 0.952 bits per heavy atom. The maximum atomic E-state index is 12.4. The minimum Gasteiger partial charge on any atom is -0.219 e. The Bertz CT molecular complexity index is 736. The van der Waals surface area contributed by atoms with Crippen LogP contribution in [0.3, 0.4) is 0 Å². The fourth-order valence-corrected chi connectivity index (χ4v) is 3.84. The molecule has 2 aromatic rings. The molecular weight excluding hydrogens is 321 g/mol. The predicted octanol–water partition coefficient (Wildman–Crippen LogP) is 4.44. The zero-order valence-electron chi connectivity index (χ0n) is 10.9. The fraction of sp³-hybridized carbons (Fsp3) is 0.143. The van der Waals surface area contributed by atoms with Crippen molar-refractivity contribution in [3.63, 3.8) is 0 Å². The summed E-state index contributed by atoms with van der Waals surface area (Å²) in [7, 11) is -3.72. The Morgan fingerprint density at radius 2 is 1.52 bits per heavy atom. The molecule has 0 bridgehead atoms. The lowest BCUT2D eigenvalue weighted by molar-refractivity contribution is -0.0328. The molecule has 0 saturated carbocycles. The third kappa shape index (κ3) is 3.79. The molecule has 0 aliphatic heterocycles. The summed E-state index contributed by atoms with van der Waals surface area (Å²) in [5.74, 6) is 0. The summed E-state index contributed by atoms with van der Waals surface area (Å²) in [6.45, 7) is 1.67. The van der Waals surface area contributed by atoms with Crippen LogP contribution in [0.15, 0.2) is 63.2 Å². The minimum absolute atomic E-state index is 0.0247. The van der Waals surface area contributed by atoms with Crippen LogP contribution < -0.4 is 0 Å². The first-order valence-corrected chi connectivity index (χ1v) is 8.17. The molecule has 0 heterocycles. The molecule has 0 amide bonds. The SMILES string of the molecule is Cc1ccccc1S(=O)(=O)c1ccc(SC(F)(F)F)cc1. The second kappa shape index (κ2) is 5.73. The van der Waals surface area contributed by atoms with Crippen molar-refractivity contribution >= 4 is 21.6 Å². The van der Waals surface area contributed by atoms with E-state index in [1.807, 2.05) is 0 Å². The number of thioether (sulfide) groups is 1. The number of aryl methyl sites for hydroxylation is 1. The molecule has 0 spiro atoms. The Kier molecular flexibility index (Phi) is 4.34. The largest absolute Gasteiger partial charge is 0.446 e. The van der Waals surface area contributed by atoms with Crippen molar-refractivity contribution in [2.24, 2.45) is 0 Å². The molecule has 2 aromatic carbocycles. The Morgan fingerprint density at radius 3 is 2.05 bits per heavy atom. The van der Waals surface area contributed by atoms with Crippen molar-refractivity contribution < 1.29 is 21.6 Å². The van der Waals surface area contributed by atoms with Crippen molar-refractivity contribution in [1.82, 2.24) is 0 Å². The van der Waals surface area contributed by atoms with Gasteiger partial charge in [0.25, 0.3) is 0 Å². The molecule has 0 saturated heterocycles. The van der Waals surface area contributed by atoms with Crippen LogP contribution in [0.5, 0.6) is 0 Å². The highest BCUT2D eigenvalue weighted by Crippen LogP contribution is 2.37. The number of alkyl halides is 3. The van der Waals surface area contributed by atoms with E-state index in [4.69, 9.17) is 0 Å². The maximum Gasteiger partial charge on any atom is 0.446 e. The van der Waals surface area contributed by atoms with Crippen molar-refractivity contribution in [3.05, 3.63) is 54.1 Å². The smallest absolute Gasteiger partial charge is 0.219 e. The Hall–Kier alpha value is -1.47. The summed E-state index contributed by atoms with van der Waals surface area (Å²) in [4.78, 5) is 0.0794. The van der Waals surface area contributed by atoms with Gasteiger partial charge in [-0.25, -0.2) is 8.42 Å². The number of hydrogen-bond acceptors (Lipinski definition) is 3. The molecule has 7 heteroatoms. The van der Waals surface area contributed by atoms with Crippen LogP contribution in [0.1, 0.15) is 5.56 Å². The number of benzene rings is 2. The second-order valence-corrected chi connectivity index (χ2v) is 7.34. The van der Waals surface area contributed by atoms with Gasteiger partial charge in [0.05, 0.1) is 9.79 Å². The van der Waals surface area contributed by atoms with Crippen LogP contribution >= 0.6 is 11.8 Å². The van der Waals surface area contributed by atoms with E-state index >= 15 is 0 Å². The summed E-state index contributed by atoms with van der Waals surface area (Å²) in [6.07, 6.45) is 0. The van der Waals surface area contributed by atoms with Crippen molar-refractivity contribution in [2.75, 3.05) is 0 Å². The quantitative estimate of drug-likeness (QED) is 0.779. The van der Waals surface area contributed by atoms with Crippen LogP contribution in [-0.2, 0) is 9.84 Å². The van der Waals surface area contributed by atoms with E-state index in [9.17, 15) is 21.6 Å². The molecule has 0 atom stereocenters. The van der Waals surface area contributed by atoms with Gasteiger partial charge in [0.2, 0.25) is 9.84 Å². The first kappa shape index (κ1) is 15.9. The van der Waals surface area contributed by atoms with Gasteiger partial charge < -0.3 is 0 Å². The van der Waals surface area contributed by atoms with Gasteiger partial charge in [0, 0.05) is 4.90 Å². The van der Waals surface area contributed by atoms with Gasteiger partial charge in [-0.1, -0.05) is 18.2 Å². The number of halogens is 3. The van der Waals surface area contributed by atoms with E-state index < -0.39 is 15.3 Å². The van der Waals surface area contributed by atoms with Gasteiger partial charge in [-0.2, -0.15) is 13.2 Å². The molecule has 2 rings (SSSR count). The summed E-state index contributed by atoms with van der Waals surface area (Å²) in [6, 6.07) is 11.2. The van der Waals surface area contributed by atoms with E-state index in [0.717, 1.165) is 12.1 Å². The van der Waals surface area contributed by atoms with Crippen molar-refractivity contribution in [2.45, 2.75) is 27.1 Å². The maximum absolute atomic E-state index is 12.4. The first-order chi connectivity index (χ1) is 9.70. The standard InChI is InChI=1S/C14H11F3O2S2/c1-10-4-2-3-5-13(10)21(18,19)12-8-6-11(7-9-12)20-14(15,16)17/h2-9H,1H3. The Labute approximate surface area is 124 Å². The minimum atomic E-state index is -4.39. The van der Waals surface area contributed by atoms with E-state index in [2.05, 4.69) is 0 Å². The average Bonchev–Trinajstić information content (AvgIpc) is 2.37. The molecule has 0 radical (unpaired) electrons. The molecule has 2 nitrogen and oxygen atoms in total. The van der Waals surface area contributed by atoms with Gasteiger partial charge in [0.15, 0.2) is 0 Å². The number of sulfone groups is 1. The van der Waals surface area contributed by atoms with Gasteiger partial charge >= 0.3 is 5.51 Å². The van der Waals surface area contributed by atoms with E-state index in [1.54, 1.807) is 25.1 Å². The number of rotatable bonds is 3. The fourth-order valence-electron chi connectivity index (χ4n) is 1.81. The van der Waals surface area contributed by atoms with E-state index in [-0.39, 0.29) is 26.4 Å². The van der Waals surface area contributed by atoms with Crippen molar-refractivity contribution in [1.29, 1.82) is 0 Å². The first-order valence-electron chi connectivity index (χ1n) is 5.87.